The van der Waals surface area contributed by atoms with Gasteiger partial charge in [-0.3, -0.25) is 0 Å². The fraction of sp³-hybridized carbons (Fsp3) is 0.188. The lowest BCUT2D eigenvalue weighted by Crippen LogP contribution is -2.07. The van der Waals surface area contributed by atoms with Crippen LogP contribution in [0.2, 0.25) is 5.02 Å². The van der Waals surface area contributed by atoms with Crippen molar-refractivity contribution in [1.82, 2.24) is 0 Å². The molecule has 3 nitrogen and oxygen atoms in total. The number of ether oxygens (including phenoxy) is 1. The van der Waals surface area contributed by atoms with Crippen LogP contribution in [0.25, 0.3) is 0 Å². The Bertz CT molecular complexity index is 605. The molecule has 2 aromatic carbocycles. The number of nitrogens with one attached hydrogen (secondary N) is 1. The molecule has 0 aliphatic carbocycles. The van der Waals surface area contributed by atoms with Crippen molar-refractivity contribution in [2.24, 2.45) is 0 Å². The minimum absolute atomic E-state index is 0.0583. The zero-order chi connectivity index (χ0) is 14.4. The Hall–Kier alpha value is -2.18. The summed E-state index contributed by atoms with van der Waals surface area (Å²) in [5, 5.41) is 12.6. The Morgan fingerprint density at radius 3 is 2.55 bits per heavy atom. The van der Waals surface area contributed by atoms with Crippen LogP contribution in [-0.4, -0.2) is 6.61 Å². The molecule has 2 rings (SSSR count). The molecule has 0 aliphatic heterocycles. The van der Waals surface area contributed by atoms with Crippen LogP contribution >= 0.6 is 11.6 Å². The first-order chi connectivity index (χ1) is 9.70. The highest BCUT2D eigenvalue weighted by atomic mass is 35.5. The first-order valence-corrected chi connectivity index (χ1v) is 6.69. The molecular formula is C16H15ClN2O. The number of nitrogens with zero attached hydrogens (tertiary/aromatic N) is 1. The highest BCUT2D eigenvalue weighted by Crippen LogP contribution is 2.26. The molecule has 20 heavy (non-hydrogen) atoms. The van der Waals surface area contributed by atoms with Crippen LogP contribution in [-0.2, 0) is 0 Å². The van der Waals surface area contributed by atoms with Crippen LogP contribution in [0, 0.1) is 11.3 Å². The second-order valence-corrected chi connectivity index (χ2v) is 4.77. The summed E-state index contributed by atoms with van der Waals surface area (Å²) < 4.78 is 5.21. The number of hydrogen-bond acceptors (Lipinski definition) is 3. The molecule has 0 heterocycles. The van der Waals surface area contributed by atoms with Crippen molar-refractivity contribution in [1.29, 1.82) is 5.26 Å². The van der Waals surface area contributed by atoms with E-state index >= 15 is 0 Å². The van der Waals surface area contributed by atoms with Crippen LogP contribution < -0.4 is 10.1 Å². The third kappa shape index (κ3) is 3.66. The summed E-state index contributed by atoms with van der Waals surface area (Å²) in [7, 11) is 0. The quantitative estimate of drug-likeness (QED) is 0.885. The van der Waals surface area contributed by atoms with Crippen molar-refractivity contribution < 1.29 is 4.74 Å². The molecule has 4 heteroatoms. The monoisotopic (exact) mass is 286 g/mol. The third-order valence-electron chi connectivity index (χ3n) is 2.91. The fourth-order valence-corrected chi connectivity index (χ4v) is 2.22. The van der Waals surface area contributed by atoms with E-state index in [2.05, 4.69) is 12.2 Å². The number of nitriles is 1. The van der Waals surface area contributed by atoms with Crippen LogP contribution in [0.1, 0.15) is 18.5 Å². The average Bonchev–Trinajstić information content (AvgIpc) is 2.47. The van der Waals surface area contributed by atoms with Gasteiger partial charge in [-0.1, -0.05) is 29.8 Å². The second kappa shape index (κ2) is 6.83. The highest BCUT2D eigenvalue weighted by molar-refractivity contribution is 6.31. The fourth-order valence-electron chi connectivity index (χ4n) is 1.92. The van der Waals surface area contributed by atoms with Gasteiger partial charge in [0.1, 0.15) is 11.8 Å². The topological polar surface area (TPSA) is 45.0 Å². The zero-order valence-corrected chi connectivity index (χ0v) is 11.9. The lowest BCUT2D eigenvalue weighted by atomic mass is 10.1. The van der Waals surface area contributed by atoms with Crippen molar-refractivity contribution in [3.8, 4) is 11.8 Å². The second-order valence-electron chi connectivity index (χ2n) is 4.36. The van der Waals surface area contributed by atoms with E-state index in [1.54, 1.807) is 0 Å². The third-order valence-corrected chi connectivity index (χ3v) is 3.26. The minimum Gasteiger partial charge on any atom is -0.479 e. The van der Waals surface area contributed by atoms with Gasteiger partial charge in [0.05, 0.1) is 0 Å². The molecule has 0 aromatic heterocycles. The van der Waals surface area contributed by atoms with Crippen LogP contribution in [0.15, 0.2) is 48.5 Å². The van der Waals surface area contributed by atoms with Gasteiger partial charge in [-0.15, -0.1) is 0 Å². The molecule has 0 saturated heterocycles. The van der Waals surface area contributed by atoms with Crippen molar-refractivity contribution in [2.45, 2.75) is 13.0 Å². The maximum absolute atomic E-state index is 8.45. The lowest BCUT2D eigenvalue weighted by Gasteiger charge is -2.17. The van der Waals surface area contributed by atoms with Gasteiger partial charge in [0.15, 0.2) is 6.61 Å². The maximum atomic E-state index is 8.45. The SMILES string of the molecule is CC(Nc1ccc(OCC#N)cc1)c1ccccc1Cl. The summed E-state index contributed by atoms with van der Waals surface area (Å²) in [6, 6.07) is 17.3. The molecule has 0 fully saturated rings. The number of benzene rings is 2. The Kier molecular flexibility index (Phi) is 4.86. The standard InChI is InChI=1S/C16H15ClN2O/c1-12(15-4-2-3-5-16(15)17)19-13-6-8-14(9-7-13)20-11-10-18/h2-9,12,19H,11H2,1H3. The highest BCUT2D eigenvalue weighted by Gasteiger charge is 2.08. The molecule has 1 unspecified atom stereocenters. The Balaban J connectivity index is 2.03. The Morgan fingerprint density at radius 2 is 1.90 bits per heavy atom. The van der Waals surface area contributed by atoms with Gasteiger partial charge in [0, 0.05) is 16.8 Å². The summed E-state index contributed by atoms with van der Waals surface area (Å²) in [6.07, 6.45) is 0. The molecule has 0 aliphatic rings. The van der Waals surface area contributed by atoms with E-state index in [1.165, 1.54) is 0 Å². The molecular weight excluding hydrogens is 272 g/mol. The van der Waals surface area contributed by atoms with E-state index in [-0.39, 0.29) is 12.6 Å². The predicted octanol–water partition coefficient (Wildman–Crippen LogP) is 4.42. The average molecular weight is 287 g/mol. The molecule has 0 amide bonds. The predicted molar refractivity (Wildman–Crippen MR) is 81.0 cm³/mol. The van der Waals surface area contributed by atoms with Gasteiger partial charge in [0.2, 0.25) is 0 Å². The Labute approximate surface area is 123 Å². The molecule has 0 radical (unpaired) electrons. The summed E-state index contributed by atoms with van der Waals surface area (Å²) in [6.45, 7) is 2.12. The van der Waals surface area contributed by atoms with Gasteiger partial charge in [-0.2, -0.15) is 5.26 Å². The number of halogens is 1. The minimum atomic E-state index is 0.0583. The van der Waals surface area contributed by atoms with Crippen molar-refractivity contribution in [2.75, 3.05) is 11.9 Å². The normalized spacial score (nSPS) is 11.4. The number of anilines is 1. The lowest BCUT2D eigenvalue weighted by molar-refractivity contribution is 0.368. The zero-order valence-electron chi connectivity index (χ0n) is 11.1. The largest absolute Gasteiger partial charge is 0.479 e. The van der Waals surface area contributed by atoms with Crippen LogP contribution in [0.3, 0.4) is 0 Å². The molecule has 1 atom stereocenters. The summed E-state index contributed by atoms with van der Waals surface area (Å²) in [4.78, 5) is 0. The summed E-state index contributed by atoms with van der Waals surface area (Å²) >= 11 is 6.18. The molecule has 0 saturated carbocycles. The van der Waals surface area contributed by atoms with Crippen LogP contribution in [0.4, 0.5) is 5.69 Å². The summed E-state index contributed by atoms with van der Waals surface area (Å²) in [5.41, 5.74) is 2.03. The molecule has 1 N–H and O–H groups in total. The smallest absolute Gasteiger partial charge is 0.174 e. The van der Waals surface area contributed by atoms with Crippen LogP contribution in [0.5, 0.6) is 5.75 Å². The molecule has 0 bridgehead atoms. The van der Waals surface area contributed by atoms with Gasteiger partial charge in [-0.25, -0.2) is 0 Å². The Morgan fingerprint density at radius 1 is 1.20 bits per heavy atom. The van der Waals surface area contributed by atoms with E-state index in [1.807, 2.05) is 54.6 Å². The van der Waals surface area contributed by atoms with Crippen molar-refractivity contribution in [3.05, 3.63) is 59.1 Å². The number of rotatable bonds is 5. The van der Waals surface area contributed by atoms with E-state index in [4.69, 9.17) is 21.6 Å². The van der Waals surface area contributed by atoms with Gasteiger partial charge < -0.3 is 10.1 Å². The molecule has 0 spiro atoms. The van der Waals surface area contributed by atoms with E-state index in [0.29, 0.717) is 5.75 Å². The van der Waals surface area contributed by atoms with Gasteiger partial charge in [0.25, 0.3) is 0 Å². The first kappa shape index (κ1) is 14.2. The molecule has 2 aromatic rings. The van der Waals surface area contributed by atoms with Gasteiger partial charge in [-0.05, 0) is 42.8 Å². The first-order valence-electron chi connectivity index (χ1n) is 6.31. The summed E-state index contributed by atoms with van der Waals surface area (Å²) in [5.74, 6) is 0.683. The maximum Gasteiger partial charge on any atom is 0.174 e. The van der Waals surface area contributed by atoms with E-state index < -0.39 is 0 Å². The van der Waals surface area contributed by atoms with E-state index in [9.17, 15) is 0 Å². The van der Waals surface area contributed by atoms with Crippen molar-refractivity contribution in [3.63, 3.8) is 0 Å². The van der Waals surface area contributed by atoms with Gasteiger partial charge >= 0.3 is 0 Å². The number of hydrogen-bond donors (Lipinski definition) is 1. The van der Waals surface area contributed by atoms with Crippen molar-refractivity contribution >= 4 is 17.3 Å². The van der Waals surface area contributed by atoms with E-state index in [0.717, 1.165) is 16.3 Å². The molecule has 102 valence electrons.